The Morgan fingerprint density at radius 3 is 2.18 bits per heavy atom. The van der Waals surface area contributed by atoms with Crippen molar-refractivity contribution in [3.05, 3.63) is 118 Å². The minimum atomic E-state index is -3.28. The molecule has 2 fully saturated rings. The summed E-state index contributed by atoms with van der Waals surface area (Å²) in [6.07, 6.45) is 7.71. The van der Waals surface area contributed by atoms with Gasteiger partial charge in [0.25, 0.3) is 13.7 Å². The number of methoxy groups -OCH3 is 2. The van der Waals surface area contributed by atoms with Gasteiger partial charge in [0.05, 0.1) is 51.4 Å². The van der Waals surface area contributed by atoms with Gasteiger partial charge in [0.1, 0.15) is 35.1 Å². The molecular weight excluding hydrogens is 920 g/mol. The van der Waals surface area contributed by atoms with Crippen LogP contribution in [0, 0.1) is 11.3 Å². The van der Waals surface area contributed by atoms with Gasteiger partial charge in [0.2, 0.25) is 5.91 Å². The number of hydrogen-bond donors (Lipinski definition) is 1. The first kappa shape index (κ1) is 51.4. The molecule has 0 saturated carbocycles. The minimum absolute atomic E-state index is 0.0230. The van der Waals surface area contributed by atoms with E-state index in [2.05, 4.69) is 21.0 Å². The summed E-state index contributed by atoms with van der Waals surface area (Å²) < 4.78 is 74.1. The number of ether oxygens (including phenoxy) is 5. The predicted molar refractivity (Wildman–Crippen MR) is 258 cm³/mol. The Kier molecular flexibility index (Phi) is 17.9. The van der Waals surface area contributed by atoms with Gasteiger partial charge in [0.15, 0.2) is 22.2 Å². The smallest absolute Gasteiger partial charge is 0.351 e. The molecule has 1 amide bonds. The SMILES string of the molecule is COc1ccc(C(OC[C@H]2O[C@@H](n3ccc(NC(C)=O)nc3=O)C(OC(=S)N3CCS(=O)(=O)CC3)C2OP(OCCC#N)N(C(C)C)C(C)C)(C2=CC=CCC=C2)c2ccc(OC)cc2)cc1. The highest BCUT2D eigenvalue weighted by Crippen LogP contribution is 2.51. The van der Waals surface area contributed by atoms with E-state index in [4.69, 9.17) is 44.9 Å². The van der Waals surface area contributed by atoms with Crippen LogP contribution in [0.1, 0.15) is 64.8 Å². The molecule has 2 aromatic carbocycles. The maximum atomic E-state index is 14.0. The number of hydrogen-bond acceptors (Lipinski definition) is 15. The van der Waals surface area contributed by atoms with Crippen LogP contribution in [0.25, 0.3) is 0 Å². The van der Waals surface area contributed by atoms with Gasteiger partial charge < -0.3 is 42.9 Å². The zero-order valence-electron chi connectivity index (χ0n) is 38.8. The number of rotatable bonds is 19. The van der Waals surface area contributed by atoms with Gasteiger partial charge in [-0.2, -0.15) is 10.2 Å². The maximum absolute atomic E-state index is 14.0. The zero-order chi connectivity index (χ0) is 48.3. The lowest BCUT2D eigenvalue weighted by Crippen LogP contribution is -2.48. The highest BCUT2D eigenvalue weighted by molar-refractivity contribution is 7.91. The third kappa shape index (κ3) is 12.6. The number of sulfone groups is 1. The molecule has 17 nitrogen and oxygen atoms in total. The van der Waals surface area contributed by atoms with Gasteiger partial charge in [-0.15, -0.1) is 0 Å². The van der Waals surface area contributed by atoms with E-state index < -0.39 is 60.1 Å². The summed E-state index contributed by atoms with van der Waals surface area (Å²) in [4.78, 5) is 31.8. The number of nitrogens with zero attached hydrogens (tertiary/aromatic N) is 5. The molecule has 3 aliphatic rings. The Labute approximate surface area is 399 Å². The average Bonchev–Trinajstić information content (AvgIpc) is 3.42. The lowest BCUT2D eigenvalue weighted by atomic mass is 9.79. The first-order valence-corrected chi connectivity index (χ1v) is 25.4. The summed E-state index contributed by atoms with van der Waals surface area (Å²) in [5.41, 5.74) is 0.222. The van der Waals surface area contributed by atoms with Crippen LogP contribution in [0.2, 0.25) is 0 Å². The Balaban J connectivity index is 1.53. The summed E-state index contributed by atoms with van der Waals surface area (Å²) >= 11 is 5.91. The van der Waals surface area contributed by atoms with Crippen LogP contribution >= 0.6 is 20.7 Å². The van der Waals surface area contributed by atoms with Crippen molar-refractivity contribution < 1.29 is 45.9 Å². The first-order chi connectivity index (χ1) is 32.1. The van der Waals surface area contributed by atoms with Crippen molar-refractivity contribution in [1.82, 2.24) is 19.1 Å². The van der Waals surface area contributed by atoms with Crippen molar-refractivity contribution in [3.8, 4) is 17.6 Å². The summed E-state index contributed by atoms with van der Waals surface area (Å²) in [5.74, 6) is 0.646. The van der Waals surface area contributed by atoms with Crippen LogP contribution in [0.3, 0.4) is 0 Å². The topological polar surface area (TPSA) is 193 Å². The van der Waals surface area contributed by atoms with Crippen LogP contribution in [0.15, 0.2) is 102 Å². The number of allylic oxidation sites excluding steroid dienone is 4. The van der Waals surface area contributed by atoms with Crippen molar-refractivity contribution in [3.63, 3.8) is 0 Å². The predicted octanol–water partition coefficient (Wildman–Crippen LogP) is 6.58. The van der Waals surface area contributed by atoms with Gasteiger partial charge in [-0.25, -0.2) is 17.9 Å². The van der Waals surface area contributed by atoms with Crippen LogP contribution in [-0.4, -0.2) is 121 Å². The third-order valence-electron chi connectivity index (χ3n) is 11.3. The molecule has 6 rings (SSSR count). The number of aromatic nitrogens is 2. The number of amides is 1. The summed E-state index contributed by atoms with van der Waals surface area (Å²) in [5, 5.41) is 12.1. The third-order valence-corrected chi connectivity index (χ3v) is 15.3. The van der Waals surface area contributed by atoms with Gasteiger partial charge in [0, 0.05) is 38.3 Å². The monoisotopic (exact) mass is 978 g/mol. The second-order valence-electron chi connectivity index (χ2n) is 16.5. The Bertz CT molecular complexity index is 2420. The second kappa shape index (κ2) is 23.3. The van der Waals surface area contributed by atoms with E-state index in [1.165, 1.54) is 23.8 Å². The molecule has 20 heteroatoms. The van der Waals surface area contributed by atoms with Crippen molar-refractivity contribution in [1.29, 1.82) is 5.26 Å². The van der Waals surface area contributed by atoms with E-state index in [9.17, 15) is 23.3 Å². The largest absolute Gasteiger partial charge is 0.497 e. The van der Waals surface area contributed by atoms with E-state index in [1.54, 1.807) is 19.1 Å². The molecule has 3 heterocycles. The fourth-order valence-electron chi connectivity index (χ4n) is 8.08. The number of anilines is 1. The molecule has 67 heavy (non-hydrogen) atoms. The molecule has 360 valence electrons. The molecule has 0 spiro atoms. The van der Waals surface area contributed by atoms with Gasteiger partial charge in [-0.05, 0) is 93.4 Å². The van der Waals surface area contributed by atoms with Crippen LogP contribution in [0.5, 0.6) is 11.5 Å². The molecule has 3 aromatic rings. The second-order valence-corrected chi connectivity index (χ2v) is 20.5. The molecule has 1 N–H and O–H groups in total. The van der Waals surface area contributed by atoms with E-state index >= 15 is 0 Å². The average molecular weight is 979 g/mol. The number of thiocarbonyl (C=S) groups is 1. The number of nitriles is 1. The number of carbonyl (C=O) groups is 1. The molecule has 0 radical (unpaired) electrons. The van der Waals surface area contributed by atoms with Crippen molar-refractivity contribution >= 4 is 47.5 Å². The molecular formula is C47H59N6O11PS2. The summed E-state index contributed by atoms with van der Waals surface area (Å²) in [7, 11) is -2.06. The van der Waals surface area contributed by atoms with Gasteiger partial charge in [-0.1, -0.05) is 54.6 Å². The van der Waals surface area contributed by atoms with Gasteiger partial charge >= 0.3 is 5.69 Å². The Hall–Kier alpha value is -5.03. The summed E-state index contributed by atoms with van der Waals surface area (Å²) in [6.45, 7) is 9.40. The van der Waals surface area contributed by atoms with Crippen LogP contribution in [0.4, 0.5) is 5.82 Å². The molecule has 1 aromatic heterocycles. The quantitative estimate of drug-likeness (QED) is 0.0769. The van der Waals surface area contributed by atoms with Crippen LogP contribution in [-0.2, 0) is 43.5 Å². The zero-order valence-corrected chi connectivity index (χ0v) is 41.3. The standard InChI is InChI=1S/C47H59N6O11PS2/c1-32(2)53(33(3)4)65(61-28-12-24-48)64-42-40(62-44(52-25-23-41(49-34(5)54)50-45(52)55)43(42)63-46(66)51-26-29-67(56,57)30-27-51)31-60-47(35-13-10-8-9-11-14-35,36-15-19-38(58-6)20-16-36)37-17-21-39(59-7)22-18-37/h8,10-11,13-23,25,32-33,40,42-44H,9,12,26-31H2,1-7H3,(H,49,50,54,55)/t40-,42?,43?,44-,65?/m1/s1. The lowest BCUT2D eigenvalue weighted by Gasteiger charge is -2.40. The van der Waals surface area contributed by atoms with E-state index in [0.29, 0.717) is 17.9 Å². The van der Waals surface area contributed by atoms with Crippen LogP contribution < -0.4 is 20.5 Å². The Morgan fingerprint density at radius 2 is 1.63 bits per heavy atom. The van der Waals surface area contributed by atoms with E-state index in [1.807, 2.05) is 107 Å². The fraction of sp³-hybridized carbons (Fsp3) is 0.468. The van der Waals surface area contributed by atoms with Crippen molar-refractivity contribution in [2.24, 2.45) is 0 Å². The normalized spacial score (nSPS) is 20.9. The minimum Gasteiger partial charge on any atom is -0.497 e. The molecule has 2 saturated heterocycles. The number of carbonyl (C=O) groups excluding carboxylic acids is 1. The van der Waals surface area contributed by atoms with E-state index in [-0.39, 0.29) is 67.3 Å². The highest BCUT2D eigenvalue weighted by atomic mass is 32.2. The molecule has 3 unspecified atom stereocenters. The van der Waals surface area contributed by atoms with Gasteiger partial charge in [-0.3, -0.25) is 9.36 Å². The van der Waals surface area contributed by atoms with Crippen molar-refractivity contribution in [2.45, 2.75) is 89.7 Å². The number of nitrogens with one attached hydrogen (secondary N) is 1. The first-order valence-electron chi connectivity index (χ1n) is 22.0. The fourth-order valence-corrected chi connectivity index (χ4v) is 11.3. The van der Waals surface area contributed by atoms with Crippen molar-refractivity contribution in [2.75, 3.05) is 57.3 Å². The Morgan fingerprint density at radius 1 is 1.00 bits per heavy atom. The molecule has 2 aliphatic heterocycles. The maximum Gasteiger partial charge on any atom is 0.351 e. The summed E-state index contributed by atoms with van der Waals surface area (Å²) in [6, 6.07) is 18.6. The lowest BCUT2D eigenvalue weighted by molar-refractivity contribution is -0.114. The molecule has 1 aliphatic carbocycles. The highest BCUT2D eigenvalue weighted by Gasteiger charge is 2.53. The van der Waals surface area contributed by atoms with E-state index in [0.717, 1.165) is 16.7 Å². The number of benzene rings is 2. The molecule has 5 atom stereocenters. The molecule has 0 bridgehead atoms.